The van der Waals surface area contributed by atoms with Crippen LogP contribution in [0.5, 0.6) is 0 Å². The molecular formula is C16H26N4O. The summed E-state index contributed by atoms with van der Waals surface area (Å²) in [6, 6.07) is 1.90. The molecule has 1 saturated heterocycles. The fourth-order valence-corrected chi connectivity index (χ4v) is 3.78. The van der Waals surface area contributed by atoms with E-state index < -0.39 is 5.54 Å². The molecular weight excluding hydrogens is 264 g/mol. The van der Waals surface area contributed by atoms with E-state index in [4.69, 9.17) is 0 Å². The summed E-state index contributed by atoms with van der Waals surface area (Å²) in [5.74, 6) is 0.963. The zero-order valence-corrected chi connectivity index (χ0v) is 12.7. The average Bonchev–Trinajstić information content (AvgIpc) is 3.21. The highest BCUT2D eigenvalue weighted by molar-refractivity contribution is 5.84. The van der Waals surface area contributed by atoms with E-state index in [0.717, 1.165) is 44.8 Å². The molecule has 2 N–H and O–H groups in total. The number of hydrogen-bond donors (Lipinski definition) is 2. The first-order valence-corrected chi connectivity index (χ1v) is 8.30. The van der Waals surface area contributed by atoms with E-state index in [0.29, 0.717) is 0 Å². The van der Waals surface area contributed by atoms with Crippen LogP contribution in [0.25, 0.3) is 0 Å². The molecule has 5 heteroatoms. The molecule has 0 spiro atoms. The van der Waals surface area contributed by atoms with Crippen LogP contribution >= 0.6 is 0 Å². The predicted octanol–water partition coefficient (Wildman–Crippen LogP) is 1.66. The maximum Gasteiger partial charge on any atom is 0.248 e. The van der Waals surface area contributed by atoms with Crippen molar-refractivity contribution in [2.24, 2.45) is 5.92 Å². The molecule has 2 aliphatic rings. The minimum Gasteiger partial charge on any atom is -0.354 e. The number of carbonyl (C=O) groups excluding carboxylic acids is 1. The van der Waals surface area contributed by atoms with Gasteiger partial charge in [0, 0.05) is 18.9 Å². The van der Waals surface area contributed by atoms with Gasteiger partial charge in [0.05, 0.1) is 0 Å². The first kappa shape index (κ1) is 14.6. The maximum absolute atomic E-state index is 12.8. The van der Waals surface area contributed by atoms with Crippen LogP contribution in [0.1, 0.15) is 44.9 Å². The lowest BCUT2D eigenvalue weighted by Gasteiger charge is -2.36. The second kappa shape index (κ2) is 6.60. The van der Waals surface area contributed by atoms with Gasteiger partial charge in [0.1, 0.15) is 5.54 Å². The predicted molar refractivity (Wildman–Crippen MR) is 81.9 cm³/mol. The minimum absolute atomic E-state index is 0.144. The van der Waals surface area contributed by atoms with Crippen molar-refractivity contribution < 1.29 is 4.79 Å². The Hall–Kier alpha value is -1.36. The van der Waals surface area contributed by atoms with Gasteiger partial charge in [-0.15, -0.1) is 0 Å². The van der Waals surface area contributed by atoms with Gasteiger partial charge in [0.2, 0.25) is 5.91 Å². The standard InChI is InChI=1S/C16H26N4O/c21-15(18-10-6-14-4-1-2-5-14)16(7-11-17-12-8-16)20-13-3-9-19-20/h3,9,13-14,17H,1-2,4-8,10-12H2,(H,18,21). The smallest absolute Gasteiger partial charge is 0.248 e. The first-order valence-electron chi connectivity index (χ1n) is 8.30. The number of aromatic nitrogens is 2. The fraction of sp³-hybridized carbons (Fsp3) is 0.750. The number of hydrogen-bond acceptors (Lipinski definition) is 3. The van der Waals surface area contributed by atoms with Gasteiger partial charge in [-0.05, 0) is 44.3 Å². The van der Waals surface area contributed by atoms with Crippen molar-refractivity contribution >= 4 is 5.91 Å². The fourth-order valence-electron chi connectivity index (χ4n) is 3.78. The third-order valence-electron chi connectivity index (χ3n) is 5.11. The molecule has 116 valence electrons. The Kier molecular flexibility index (Phi) is 4.58. The summed E-state index contributed by atoms with van der Waals surface area (Å²) in [7, 11) is 0. The summed E-state index contributed by atoms with van der Waals surface area (Å²) in [6.07, 6.45) is 11.8. The van der Waals surface area contributed by atoms with E-state index in [1.807, 2.05) is 16.9 Å². The van der Waals surface area contributed by atoms with E-state index in [-0.39, 0.29) is 5.91 Å². The Balaban J connectivity index is 1.61. The highest BCUT2D eigenvalue weighted by atomic mass is 16.2. The van der Waals surface area contributed by atoms with Crippen molar-refractivity contribution in [3.05, 3.63) is 18.5 Å². The van der Waals surface area contributed by atoms with Crippen molar-refractivity contribution in [1.82, 2.24) is 20.4 Å². The maximum atomic E-state index is 12.8. The zero-order chi connectivity index (χ0) is 14.5. The summed E-state index contributed by atoms with van der Waals surface area (Å²) < 4.78 is 1.86. The Morgan fingerprint density at radius 3 is 2.76 bits per heavy atom. The van der Waals surface area contributed by atoms with Gasteiger partial charge in [-0.1, -0.05) is 25.7 Å². The van der Waals surface area contributed by atoms with Crippen molar-refractivity contribution in [3.63, 3.8) is 0 Å². The van der Waals surface area contributed by atoms with Crippen LogP contribution in [0.4, 0.5) is 0 Å². The molecule has 0 atom stereocenters. The average molecular weight is 290 g/mol. The SMILES string of the molecule is O=C(NCCC1CCCC1)C1(n2cccn2)CCNCC1. The Bertz CT molecular complexity index is 445. The highest BCUT2D eigenvalue weighted by Crippen LogP contribution is 2.29. The second-order valence-corrected chi connectivity index (χ2v) is 6.43. The third-order valence-corrected chi connectivity index (χ3v) is 5.11. The molecule has 0 radical (unpaired) electrons. The second-order valence-electron chi connectivity index (χ2n) is 6.43. The third kappa shape index (κ3) is 3.12. The van der Waals surface area contributed by atoms with Crippen LogP contribution in [-0.2, 0) is 10.3 Å². The quantitative estimate of drug-likeness (QED) is 0.867. The molecule has 21 heavy (non-hydrogen) atoms. The van der Waals surface area contributed by atoms with E-state index >= 15 is 0 Å². The number of nitrogens with one attached hydrogen (secondary N) is 2. The largest absolute Gasteiger partial charge is 0.354 e. The number of carbonyl (C=O) groups is 1. The first-order chi connectivity index (χ1) is 10.3. The Morgan fingerprint density at radius 2 is 2.10 bits per heavy atom. The summed E-state index contributed by atoms with van der Waals surface area (Å²) in [4.78, 5) is 12.8. The molecule has 1 aromatic rings. The lowest BCUT2D eigenvalue weighted by molar-refractivity contribution is -0.132. The molecule has 3 rings (SSSR count). The lowest BCUT2D eigenvalue weighted by Crippen LogP contribution is -2.54. The molecule has 1 aromatic heterocycles. The summed E-state index contributed by atoms with van der Waals surface area (Å²) in [6.45, 7) is 2.55. The van der Waals surface area contributed by atoms with Crippen LogP contribution < -0.4 is 10.6 Å². The monoisotopic (exact) mass is 290 g/mol. The Labute approximate surface area is 126 Å². The van der Waals surface area contributed by atoms with E-state index in [1.54, 1.807) is 6.20 Å². The van der Waals surface area contributed by atoms with Crippen LogP contribution in [0.15, 0.2) is 18.5 Å². The molecule has 0 bridgehead atoms. The van der Waals surface area contributed by atoms with Gasteiger partial charge in [0.25, 0.3) is 0 Å². The van der Waals surface area contributed by atoms with Gasteiger partial charge in [0.15, 0.2) is 0 Å². The van der Waals surface area contributed by atoms with Gasteiger partial charge >= 0.3 is 0 Å². The van der Waals surface area contributed by atoms with Crippen LogP contribution in [0.3, 0.4) is 0 Å². The molecule has 1 aliphatic carbocycles. The number of nitrogens with zero attached hydrogens (tertiary/aromatic N) is 2. The van der Waals surface area contributed by atoms with Crippen LogP contribution in [-0.4, -0.2) is 35.3 Å². The van der Waals surface area contributed by atoms with Gasteiger partial charge in [-0.3, -0.25) is 9.48 Å². The van der Waals surface area contributed by atoms with E-state index in [9.17, 15) is 4.79 Å². The highest BCUT2D eigenvalue weighted by Gasteiger charge is 2.41. The van der Waals surface area contributed by atoms with E-state index in [1.165, 1.54) is 25.7 Å². The van der Waals surface area contributed by atoms with Gasteiger partial charge in [-0.2, -0.15) is 5.10 Å². The molecule has 1 amide bonds. The van der Waals surface area contributed by atoms with Crippen molar-refractivity contribution in [1.29, 1.82) is 0 Å². The lowest BCUT2D eigenvalue weighted by atomic mass is 9.87. The van der Waals surface area contributed by atoms with Crippen LogP contribution in [0.2, 0.25) is 0 Å². The molecule has 2 fully saturated rings. The number of piperidine rings is 1. The van der Waals surface area contributed by atoms with Crippen LogP contribution in [0, 0.1) is 5.92 Å². The normalized spacial score (nSPS) is 22.3. The summed E-state index contributed by atoms with van der Waals surface area (Å²) >= 11 is 0. The summed E-state index contributed by atoms with van der Waals surface area (Å²) in [5, 5.41) is 10.9. The molecule has 1 saturated carbocycles. The Morgan fingerprint density at radius 1 is 1.33 bits per heavy atom. The topological polar surface area (TPSA) is 59.0 Å². The van der Waals surface area contributed by atoms with Gasteiger partial charge < -0.3 is 10.6 Å². The van der Waals surface area contributed by atoms with Gasteiger partial charge in [-0.25, -0.2) is 0 Å². The zero-order valence-electron chi connectivity index (χ0n) is 12.7. The molecule has 2 heterocycles. The summed E-state index contributed by atoms with van der Waals surface area (Å²) in [5.41, 5.74) is -0.496. The molecule has 5 nitrogen and oxygen atoms in total. The molecule has 0 aromatic carbocycles. The van der Waals surface area contributed by atoms with Crippen molar-refractivity contribution in [2.45, 2.75) is 50.5 Å². The molecule has 0 unspecified atom stereocenters. The number of rotatable bonds is 5. The molecule has 1 aliphatic heterocycles. The van der Waals surface area contributed by atoms with E-state index in [2.05, 4.69) is 15.7 Å². The minimum atomic E-state index is -0.496. The van der Waals surface area contributed by atoms with Crippen molar-refractivity contribution in [3.8, 4) is 0 Å². The number of amides is 1. The van der Waals surface area contributed by atoms with Crippen molar-refractivity contribution in [2.75, 3.05) is 19.6 Å².